The first-order valence-corrected chi connectivity index (χ1v) is 6.73. The third-order valence-corrected chi connectivity index (χ3v) is 3.27. The molecular weight excluding hydrogens is 280 g/mol. The van der Waals surface area contributed by atoms with E-state index in [2.05, 4.69) is 15.7 Å². The molecule has 0 aromatic carbocycles. The quantitative estimate of drug-likeness (QED) is 0.834. The molecule has 2 heterocycles. The number of ether oxygens (including phenoxy) is 1. The molecule has 20 heavy (non-hydrogen) atoms. The van der Waals surface area contributed by atoms with Crippen LogP contribution in [0.1, 0.15) is 25.8 Å². The number of methoxy groups -OCH3 is 1. The molecule has 0 bridgehead atoms. The highest BCUT2D eigenvalue weighted by Crippen LogP contribution is 2.16. The largest absolute Gasteiger partial charge is 0.384 e. The second kappa shape index (κ2) is 8.24. The molecule has 1 aromatic heterocycles. The average molecular weight is 303 g/mol. The normalized spacial score (nSPS) is 19.4. The Balaban J connectivity index is 0.00000200. The van der Waals surface area contributed by atoms with Gasteiger partial charge < -0.3 is 15.4 Å². The lowest BCUT2D eigenvalue weighted by Gasteiger charge is -2.10. The van der Waals surface area contributed by atoms with Crippen LogP contribution in [0.3, 0.4) is 0 Å². The van der Waals surface area contributed by atoms with Gasteiger partial charge in [-0.15, -0.1) is 12.4 Å². The van der Waals surface area contributed by atoms with Gasteiger partial charge >= 0.3 is 0 Å². The molecule has 0 spiro atoms. The minimum atomic E-state index is -0.0145. The van der Waals surface area contributed by atoms with Crippen molar-refractivity contribution in [3.8, 4) is 0 Å². The van der Waals surface area contributed by atoms with Gasteiger partial charge in [0.1, 0.15) is 0 Å². The number of hydrogen-bond donors (Lipinski definition) is 2. The van der Waals surface area contributed by atoms with Crippen LogP contribution >= 0.6 is 12.4 Å². The number of halogens is 1. The molecule has 1 aromatic rings. The number of amides is 1. The van der Waals surface area contributed by atoms with E-state index in [0.29, 0.717) is 24.9 Å². The summed E-state index contributed by atoms with van der Waals surface area (Å²) in [6.45, 7) is 4.56. The Hall–Kier alpha value is -1.11. The minimum Gasteiger partial charge on any atom is -0.384 e. The molecule has 1 fully saturated rings. The fourth-order valence-electron chi connectivity index (χ4n) is 2.33. The Bertz CT molecular complexity index is 418. The number of anilines is 1. The van der Waals surface area contributed by atoms with Gasteiger partial charge in [0.25, 0.3) is 0 Å². The molecule has 114 valence electrons. The maximum atomic E-state index is 11.8. The van der Waals surface area contributed by atoms with Gasteiger partial charge in [-0.25, -0.2) is 0 Å². The second-order valence-corrected chi connectivity index (χ2v) is 5.14. The first-order valence-electron chi connectivity index (χ1n) is 6.73. The van der Waals surface area contributed by atoms with Crippen molar-refractivity contribution in [1.82, 2.24) is 15.1 Å². The zero-order valence-corrected chi connectivity index (χ0v) is 12.8. The first kappa shape index (κ1) is 16.9. The molecule has 1 amide bonds. The molecule has 1 aliphatic rings. The summed E-state index contributed by atoms with van der Waals surface area (Å²) >= 11 is 0. The number of nitrogens with one attached hydrogen (secondary N) is 2. The van der Waals surface area contributed by atoms with Gasteiger partial charge in [-0.05, 0) is 18.9 Å². The SMILES string of the molecule is COCC(C)CC(=O)Nc1ccn(C2CCNC2)n1.Cl. The van der Waals surface area contributed by atoms with Crippen LogP contribution in [0.2, 0.25) is 0 Å². The van der Waals surface area contributed by atoms with Crippen molar-refractivity contribution in [3.63, 3.8) is 0 Å². The van der Waals surface area contributed by atoms with Crippen molar-refractivity contribution in [2.45, 2.75) is 25.8 Å². The van der Waals surface area contributed by atoms with Gasteiger partial charge in [0.05, 0.1) is 6.04 Å². The standard InChI is InChI=1S/C13H22N4O2.ClH/c1-10(9-19-2)7-13(18)15-12-4-6-17(16-12)11-3-5-14-8-11;/h4,6,10-11,14H,3,5,7-9H2,1-2H3,(H,15,16,18);1H. The van der Waals surface area contributed by atoms with Crippen LogP contribution in [-0.4, -0.2) is 42.5 Å². The van der Waals surface area contributed by atoms with Crippen LogP contribution in [0.15, 0.2) is 12.3 Å². The highest BCUT2D eigenvalue weighted by Gasteiger charge is 2.17. The van der Waals surface area contributed by atoms with Gasteiger partial charge in [0, 0.05) is 38.9 Å². The molecule has 1 saturated heterocycles. The van der Waals surface area contributed by atoms with E-state index in [4.69, 9.17) is 4.74 Å². The molecule has 2 atom stereocenters. The zero-order chi connectivity index (χ0) is 13.7. The Labute approximate surface area is 125 Å². The lowest BCUT2D eigenvalue weighted by atomic mass is 10.1. The number of rotatable bonds is 6. The number of nitrogens with zero attached hydrogens (tertiary/aromatic N) is 2. The summed E-state index contributed by atoms with van der Waals surface area (Å²) < 4.78 is 6.94. The van der Waals surface area contributed by atoms with Crippen molar-refractivity contribution in [2.24, 2.45) is 5.92 Å². The van der Waals surface area contributed by atoms with Crippen molar-refractivity contribution in [2.75, 3.05) is 32.1 Å². The maximum Gasteiger partial charge on any atom is 0.225 e. The molecule has 2 unspecified atom stereocenters. The number of carbonyl (C=O) groups excluding carboxylic acids is 1. The molecule has 0 saturated carbocycles. The molecule has 2 N–H and O–H groups in total. The van der Waals surface area contributed by atoms with Crippen LogP contribution in [0.4, 0.5) is 5.82 Å². The molecular formula is C13H23ClN4O2. The molecule has 0 aliphatic carbocycles. The summed E-state index contributed by atoms with van der Waals surface area (Å²) in [5, 5.41) is 10.5. The van der Waals surface area contributed by atoms with Crippen molar-refractivity contribution in [3.05, 3.63) is 12.3 Å². The van der Waals surface area contributed by atoms with Crippen LogP contribution in [-0.2, 0) is 9.53 Å². The van der Waals surface area contributed by atoms with Gasteiger partial charge in [-0.2, -0.15) is 5.10 Å². The predicted octanol–water partition coefficient (Wildman–Crippen LogP) is 1.45. The monoisotopic (exact) mass is 302 g/mol. The maximum absolute atomic E-state index is 11.8. The van der Waals surface area contributed by atoms with Gasteiger partial charge in [-0.3, -0.25) is 9.48 Å². The molecule has 0 radical (unpaired) electrons. The zero-order valence-electron chi connectivity index (χ0n) is 12.0. The summed E-state index contributed by atoms with van der Waals surface area (Å²) in [7, 11) is 1.64. The highest BCUT2D eigenvalue weighted by molar-refractivity contribution is 5.89. The minimum absolute atomic E-state index is 0. The Morgan fingerprint density at radius 3 is 3.15 bits per heavy atom. The summed E-state index contributed by atoms with van der Waals surface area (Å²) in [4.78, 5) is 11.8. The fourth-order valence-corrected chi connectivity index (χ4v) is 2.33. The number of carbonyl (C=O) groups is 1. The van der Waals surface area contributed by atoms with E-state index >= 15 is 0 Å². The molecule has 1 aliphatic heterocycles. The molecule has 6 nitrogen and oxygen atoms in total. The topological polar surface area (TPSA) is 68.2 Å². The molecule has 2 rings (SSSR count). The lowest BCUT2D eigenvalue weighted by molar-refractivity contribution is -0.117. The Morgan fingerprint density at radius 2 is 2.50 bits per heavy atom. The van der Waals surface area contributed by atoms with Gasteiger partial charge in [0.15, 0.2) is 5.82 Å². The predicted molar refractivity (Wildman–Crippen MR) is 80.3 cm³/mol. The van der Waals surface area contributed by atoms with Crippen LogP contribution in [0, 0.1) is 5.92 Å². The van der Waals surface area contributed by atoms with Crippen molar-refractivity contribution >= 4 is 24.1 Å². The summed E-state index contributed by atoms with van der Waals surface area (Å²) in [5.41, 5.74) is 0. The van der Waals surface area contributed by atoms with E-state index in [9.17, 15) is 4.79 Å². The Morgan fingerprint density at radius 1 is 1.70 bits per heavy atom. The van der Waals surface area contributed by atoms with E-state index < -0.39 is 0 Å². The van der Waals surface area contributed by atoms with Crippen LogP contribution < -0.4 is 10.6 Å². The van der Waals surface area contributed by atoms with E-state index in [1.807, 2.05) is 23.9 Å². The van der Waals surface area contributed by atoms with E-state index in [1.54, 1.807) is 7.11 Å². The average Bonchev–Trinajstić information content (AvgIpc) is 2.98. The van der Waals surface area contributed by atoms with E-state index in [0.717, 1.165) is 19.5 Å². The lowest BCUT2D eigenvalue weighted by Crippen LogP contribution is -2.18. The number of aromatic nitrogens is 2. The van der Waals surface area contributed by atoms with Gasteiger partial charge in [0.2, 0.25) is 5.91 Å². The van der Waals surface area contributed by atoms with E-state index in [-0.39, 0.29) is 24.2 Å². The van der Waals surface area contributed by atoms with Crippen LogP contribution in [0.25, 0.3) is 0 Å². The Kier molecular flexibility index (Phi) is 6.98. The molecule has 7 heteroatoms. The van der Waals surface area contributed by atoms with Crippen LogP contribution in [0.5, 0.6) is 0 Å². The third-order valence-electron chi connectivity index (χ3n) is 3.27. The summed E-state index contributed by atoms with van der Waals surface area (Å²) in [5.74, 6) is 0.826. The van der Waals surface area contributed by atoms with Crippen molar-refractivity contribution in [1.29, 1.82) is 0 Å². The summed E-state index contributed by atoms with van der Waals surface area (Å²) in [6.07, 6.45) is 3.46. The fraction of sp³-hybridized carbons (Fsp3) is 0.692. The third kappa shape index (κ3) is 4.77. The highest BCUT2D eigenvalue weighted by atomic mass is 35.5. The van der Waals surface area contributed by atoms with E-state index in [1.165, 1.54) is 0 Å². The summed E-state index contributed by atoms with van der Waals surface area (Å²) in [6, 6.07) is 2.25. The first-order chi connectivity index (χ1) is 9.19. The van der Waals surface area contributed by atoms with Gasteiger partial charge in [-0.1, -0.05) is 6.92 Å². The van der Waals surface area contributed by atoms with Crippen molar-refractivity contribution < 1.29 is 9.53 Å². The number of hydrogen-bond acceptors (Lipinski definition) is 4. The second-order valence-electron chi connectivity index (χ2n) is 5.14. The smallest absolute Gasteiger partial charge is 0.225 e.